The summed E-state index contributed by atoms with van der Waals surface area (Å²) in [6, 6.07) is 17.1. The van der Waals surface area contributed by atoms with E-state index in [0.717, 1.165) is 15.7 Å². The van der Waals surface area contributed by atoms with Crippen molar-refractivity contribution in [3.63, 3.8) is 0 Å². The fourth-order valence-electron chi connectivity index (χ4n) is 1.93. The molecule has 0 fully saturated rings. The zero-order valence-electron chi connectivity index (χ0n) is 10.5. The molecule has 0 aliphatic heterocycles. The minimum atomic E-state index is -0.764. The first-order chi connectivity index (χ1) is 9.74. The Kier molecular flexibility index (Phi) is 3.62. The Bertz CT molecular complexity index is 695. The van der Waals surface area contributed by atoms with E-state index in [-0.39, 0.29) is 0 Å². The van der Waals surface area contributed by atoms with Gasteiger partial charge in [0.05, 0.1) is 11.9 Å². The molecule has 0 aliphatic carbocycles. The van der Waals surface area contributed by atoms with Gasteiger partial charge < -0.3 is 5.11 Å². The van der Waals surface area contributed by atoms with Gasteiger partial charge in [-0.2, -0.15) is 0 Å². The molecule has 1 atom stereocenters. The molecule has 2 aromatic carbocycles. The standard InChI is InChI=1S/C15H12BrN3O/c16-12-6-8-13(9-7-12)19-10-14(17-18-19)15(20)11-4-2-1-3-5-11/h1-10,15,20H. The summed E-state index contributed by atoms with van der Waals surface area (Å²) in [5.41, 5.74) is 2.22. The summed E-state index contributed by atoms with van der Waals surface area (Å²) in [6.45, 7) is 0. The van der Waals surface area contributed by atoms with Crippen molar-refractivity contribution in [2.45, 2.75) is 6.10 Å². The Morgan fingerprint density at radius 2 is 1.70 bits per heavy atom. The van der Waals surface area contributed by atoms with Crippen molar-refractivity contribution in [2.24, 2.45) is 0 Å². The normalized spacial score (nSPS) is 12.3. The smallest absolute Gasteiger partial charge is 0.124 e. The lowest BCUT2D eigenvalue weighted by Crippen LogP contribution is -1.99. The van der Waals surface area contributed by atoms with E-state index in [4.69, 9.17) is 0 Å². The number of hydrogen-bond acceptors (Lipinski definition) is 3. The van der Waals surface area contributed by atoms with Crippen LogP contribution in [0.3, 0.4) is 0 Å². The number of halogens is 1. The van der Waals surface area contributed by atoms with Crippen molar-refractivity contribution in [2.75, 3.05) is 0 Å². The van der Waals surface area contributed by atoms with Gasteiger partial charge in [0.2, 0.25) is 0 Å². The van der Waals surface area contributed by atoms with Crippen molar-refractivity contribution in [3.05, 3.63) is 76.5 Å². The molecular weight excluding hydrogens is 318 g/mol. The Morgan fingerprint density at radius 3 is 2.40 bits per heavy atom. The first kappa shape index (κ1) is 13.0. The fraction of sp³-hybridized carbons (Fsp3) is 0.0667. The maximum Gasteiger partial charge on any atom is 0.124 e. The highest BCUT2D eigenvalue weighted by molar-refractivity contribution is 9.10. The van der Waals surface area contributed by atoms with Crippen LogP contribution in [0.15, 0.2) is 65.3 Å². The maximum atomic E-state index is 10.3. The highest BCUT2D eigenvalue weighted by atomic mass is 79.9. The average Bonchev–Trinajstić information content (AvgIpc) is 2.98. The van der Waals surface area contributed by atoms with Gasteiger partial charge in [0.15, 0.2) is 0 Å². The molecule has 20 heavy (non-hydrogen) atoms. The number of hydrogen-bond donors (Lipinski definition) is 1. The Balaban J connectivity index is 1.89. The van der Waals surface area contributed by atoms with Crippen LogP contribution in [0.25, 0.3) is 5.69 Å². The van der Waals surface area contributed by atoms with E-state index < -0.39 is 6.10 Å². The average molecular weight is 330 g/mol. The molecule has 0 saturated carbocycles. The van der Waals surface area contributed by atoms with Crippen LogP contribution in [-0.4, -0.2) is 20.1 Å². The maximum absolute atomic E-state index is 10.3. The summed E-state index contributed by atoms with van der Waals surface area (Å²) in [6.07, 6.45) is 0.973. The van der Waals surface area contributed by atoms with Crippen molar-refractivity contribution in [1.29, 1.82) is 0 Å². The van der Waals surface area contributed by atoms with E-state index in [1.54, 1.807) is 10.9 Å². The number of benzene rings is 2. The van der Waals surface area contributed by atoms with Gasteiger partial charge in [-0.15, -0.1) is 5.10 Å². The van der Waals surface area contributed by atoms with Gasteiger partial charge in [-0.25, -0.2) is 4.68 Å². The van der Waals surface area contributed by atoms with Crippen molar-refractivity contribution >= 4 is 15.9 Å². The largest absolute Gasteiger partial charge is 0.382 e. The molecule has 0 spiro atoms. The third-order valence-electron chi connectivity index (χ3n) is 3.00. The summed E-state index contributed by atoms with van der Waals surface area (Å²) in [7, 11) is 0. The molecule has 3 aromatic rings. The number of aliphatic hydroxyl groups excluding tert-OH is 1. The van der Waals surface area contributed by atoms with Gasteiger partial charge in [-0.3, -0.25) is 0 Å². The van der Waals surface area contributed by atoms with Crippen LogP contribution in [0.4, 0.5) is 0 Å². The minimum absolute atomic E-state index is 0.527. The van der Waals surface area contributed by atoms with Crippen LogP contribution >= 0.6 is 15.9 Å². The second-order valence-corrected chi connectivity index (χ2v) is 5.29. The van der Waals surface area contributed by atoms with Crippen molar-refractivity contribution < 1.29 is 5.11 Å². The first-order valence-corrected chi connectivity index (χ1v) is 6.94. The number of aliphatic hydroxyl groups is 1. The summed E-state index contributed by atoms with van der Waals surface area (Å²) in [5.74, 6) is 0. The lowest BCUT2D eigenvalue weighted by molar-refractivity contribution is 0.215. The van der Waals surface area contributed by atoms with Gasteiger partial charge in [0.1, 0.15) is 11.8 Å². The van der Waals surface area contributed by atoms with Crippen LogP contribution in [0.5, 0.6) is 0 Å². The molecule has 4 nitrogen and oxygen atoms in total. The van der Waals surface area contributed by atoms with Crippen LogP contribution in [0.1, 0.15) is 17.4 Å². The third kappa shape index (κ3) is 2.64. The summed E-state index contributed by atoms with van der Waals surface area (Å²) in [5, 5.41) is 18.4. The summed E-state index contributed by atoms with van der Waals surface area (Å²) < 4.78 is 2.65. The lowest BCUT2D eigenvalue weighted by atomic mass is 10.1. The predicted molar refractivity (Wildman–Crippen MR) is 79.6 cm³/mol. The van der Waals surface area contributed by atoms with Gasteiger partial charge in [-0.1, -0.05) is 51.5 Å². The van der Waals surface area contributed by atoms with Crippen molar-refractivity contribution in [1.82, 2.24) is 15.0 Å². The van der Waals surface area contributed by atoms with Gasteiger partial charge >= 0.3 is 0 Å². The Morgan fingerprint density at radius 1 is 1.00 bits per heavy atom. The second-order valence-electron chi connectivity index (χ2n) is 4.38. The quantitative estimate of drug-likeness (QED) is 0.803. The molecule has 3 rings (SSSR count). The van der Waals surface area contributed by atoms with Gasteiger partial charge in [0, 0.05) is 4.47 Å². The number of rotatable bonds is 3. The zero-order valence-corrected chi connectivity index (χ0v) is 12.1. The molecule has 1 aromatic heterocycles. The molecule has 0 bridgehead atoms. The highest BCUT2D eigenvalue weighted by Crippen LogP contribution is 2.20. The zero-order chi connectivity index (χ0) is 13.9. The van der Waals surface area contributed by atoms with E-state index in [2.05, 4.69) is 26.2 Å². The molecule has 1 N–H and O–H groups in total. The predicted octanol–water partition coefficient (Wildman–Crippen LogP) is 3.11. The molecule has 0 amide bonds. The molecule has 100 valence electrons. The molecule has 5 heteroatoms. The van der Waals surface area contributed by atoms with Crippen molar-refractivity contribution in [3.8, 4) is 5.69 Å². The van der Waals surface area contributed by atoms with Crippen LogP contribution < -0.4 is 0 Å². The summed E-state index contributed by atoms with van der Waals surface area (Å²) in [4.78, 5) is 0. The first-order valence-electron chi connectivity index (χ1n) is 6.15. The van der Waals surface area contributed by atoms with Gasteiger partial charge in [0.25, 0.3) is 0 Å². The van der Waals surface area contributed by atoms with E-state index in [9.17, 15) is 5.11 Å². The van der Waals surface area contributed by atoms with Crippen LogP contribution in [0.2, 0.25) is 0 Å². The SMILES string of the molecule is OC(c1ccccc1)c1cn(-c2ccc(Br)cc2)nn1. The highest BCUT2D eigenvalue weighted by Gasteiger charge is 2.14. The number of aromatic nitrogens is 3. The molecule has 1 heterocycles. The second kappa shape index (κ2) is 5.56. The topological polar surface area (TPSA) is 50.9 Å². The lowest BCUT2D eigenvalue weighted by Gasteiger charge is -2.06. The van der Waals surface area contributed by atoms with E-state index in [1.165, 1.54) is 0 Å². The fourth-order valence-corrected chi connectivity index (χ4v) is 2.19. The van der Waals surface area contributed by atoms with E-state index in [0.29, 0.717) is 5.69 Å². The minimum Gasteiger partial charge on any atom is -0.382 e. The Hall–Kier alpha value is -1.98. The molecule has 0 aliphatic rings. The molecule has 0 radical (unpaired) electrons. The van der Waals surface area contributed by atoms with Crippen LogP contribution in [0, 0.1) is 0 Å². The van der Waals surface area contributed by atoms with E-state index in [1.807, 2.05) is 54.6 Å². The van der Waals surface area contributed by atoms with Gasteiger partial charge in [-0.05, 0) is 29.8 Å². The molecule has 1 unspecified atom stereocenters. The molecule has 0 saturated heterocycles. The summed E-state index contributed by atoms with van der Waals surface area (Å²) >= 11 is 3.39. The Labute approximate surface area is 124 Å². The number of nitrogens with zero attached hydrogens (tertiary/aromatic N) is 3. The monoisotopic (exact) mass is 329 g/mol. The third-order valence-corrected chi connectivity index (χ3v) is 3.53. The van der Waals surface area contributed by atoms with E-state index >= 15 is 0 Å². The van der Waals surface area contributed by atoms with Crippen LogP contribution in [-0.2, 0) is 0 Å². The molecular formula is C15H12BrN3O.